The number of nitrogens with two attached hydrogens (primary N) is 1. The molecule has 0 saturated carbocycles. The number of nitriles is 1. The maximum atomic E-state index is 12.5. The van der Waals surface area contributed by atoms with E-state index in [1.54, 1.807) is 36.7 Å². The number of aromatic nitrogens is 1. The number of pyridine rings is 1. The molecule has 1 amide bonds. The molecular weight excluding hydrogens is 458 g/mol. The predicted octanol–water partition coefficient (Wildman–Crippen LogP) is 4.61. The number of carbonyl (C=O) groups is 1. The summed E-state index contributed by atoms with van der Waals surface area (Å²) in [4.78, 5) is 16.6. The zero-order valence-electron chi connectivity index (χ0n) is 18.7. The van der Waals surface area contributed by atoms with Gasteiger partial charge < -0.3 is 30.6 Å². The molecule has 0 aliphatic carbocycles. The minimum Gasteiger partial charge on any atom is -0.493 e. The predicted molar refractivity (Wildman–Crippen MR) is 132 cm³/mol. The van der Waals surface area contributed by atoms with Crippen molar-refractivity contribution in [1.29, 1.82) is 5.26 Å². The van der Waals surface area contributed by atoms with Crippen LogP contribution in [0.15, 0.2) is 48.8 Å². The Morgan fingerprint density at radius 1 is 1.12 bits per heavy atom. The number of ether oxygens (including phenoxy) is 3. The van der Waals surface area contributed by atoms with E-state index in [2.05, 4.69) is 15.6 Å². The zero-order chi connectivity index (χ0) is 24.7. The van der Waals surface area contributed by atoms with Gasteiger partial charge in [-0.2, -0.15) is 5.26 Å². The van der Waals surface area contributed by atoms with Crippen molar-refractivity contribution >= 4 is 46.3 Å². The molecule has 3 rings (SSSR count). The normalized spacial score (nSPS) is 10.4. The number of halogens is 1. The van der Waals surface area contributed by atoms with Crippen molar-refractivity contribution in [3.05, 3.63) is 65.0 Å². The van der Waals surface area contributed by atoms with Crippen LogP contribution in [-0.2, 0) is 4.79 Å². The fourth-order valence-corrected chi connectivity index (χ4v) is 3.29. The van der Waals surface area contributed by atoms with E-state index in [9.17, 15) is 4.79 Å². The average molecular weight is 480 g/mol. The molecular formula is C24H22ClN5O4. The summed E-state index contributed by atoms with van der Waals surface area (Å²) in [6.07, 6.45) is 6.17. The van der Waals surface area contributed by atoms with E-state index in [0.717, 1.165) is 0 Å². The highest BCUT2D eigenvalue weighted by Gasteiger charge is 2.14. The lowest BCUT2D eigenvalue weighted by atomic mass is 10.1. The van der Waals surface area contributed by atoms with Crippen molar-refractivity contribution in [2.24, 2.45) is 0 Å². The second-order valence-electron chi connectivity index (χ2n) is 6.86. The van der Waals surface area contributed by atoms with Crippen molar-refractivity contribution in [2.45, 2.75) is 0 Å². The number of amides is 1. The van der Waals surface area contributed by atoms with E-state index in [1.165, 1.54) is 39.5 Å². The van der Waals surface area contributed by atoms with Gasteiger partial charge in [-0.05, 0) is 24.3 Å². The van der Waals surface area contributed by atoms with Crippen LogP contribution >= 0.6 is 11.6 Å². The Kier molecular flexibility index (Phi) is 7.79. The molecule has 0 bridgehead atoms. The Labute approximate surface area is 201 Å². The number of hydrogen-bond acceptors (Lipinski definition) is 8. The van der Waals surface area contributed by atoms with Crippen molar-refractivity contribution in [1.82, 2.24) is 4.98 Å². The molecule has 0 unspecified atom stereocenters. The third-order valence-electron chi connectivity index (χ3n) is 4.73. The lowest BCUT2D eigenvalue weighted by Crippen LogP contribution is -2.10. The first-order valence-electron chi connectivity index (χ1n) is 9.89. The van der Waals surface area contributed by atoms with E-state index in [-0.39, 0.29) is 16.3 Å². The van der Waals surface area contributed by atoms with E-state index in [0.29, 0.717) is 39.9 Å². The third-order valence-corrected chi connectivity index (χ3v) is 5.04. The van der Waals surface area contributed by atoms with Gasteiger partial charge in [-0.15, -0.1) is 0 Å². The molecule has 0 saturated heterocycles. The van der Waals surface area contributed by atoms with Crippen LogP contribution in [0.4, 0.5) is 22.7 Å². The molecule has 0 fully saturated rings. The summed E-state index contributed by atoms with van der Waals surface area (Å²) in [5.74, 6) is 1.03. The van der Waals surface area contributed by atoms with E-state index in [4.69, 9.17) is 36.8 Å². The van der Waals surface area contributed by atoms with Crippen LogP contribution in [0.2, 0.25) is 5.02 Å². The first-order valence-corrected chi connectivity index (χ1v) is 10.3. The smallest absolute Gasteiger partial charge is 0.248 e. The number of hydrogen-bond donors (Lipinski definition) is 3. The number of carbonyl (C=O) groups excluding carboxylic acids is 1. The third kappa shape index (κ3) is 5.49. The van der Waals surface area contributed by atoms with Crippen LogP contribution in [0.5, 0.6) is 17.2 Å². The van der Waals surface area contributed by atoms with Gasteiger partial charge in [-0.1, -0.05) is 11.6 Å². The minimum atomic E-state index is -0.435. The number of anilines is 4. The van der Waals surface area contributed by atoms with Gasteiger partial charge in [0, 0.05) is 47.5 Å². The van der Waals surface area contributed by atoms with E-state index >= 15 is 0 Å². The van der Waals surface area contributed by atoms with Crippen molar-refractivity contribution in [3.8, 4) is 23.3 Å². The van der Waals surface area contributed by atoms with Gasteiger partial charge in [-0.3, -0.25) is 9.78 Å². The van der Waals surface area contributed by atoms with Gasteiger partial charge in [0.2, 0.25) is 11.7 Å². The number of nitrogen functional groups attached to an aromatic ring is 1. The second-order valence-corrected chi connectivity index (χ2v) is 7.26. The van der Waals surface area contributed by atoms with Gasteiger partial charge in [0.1, 0.15) is 6.07 Å². The number of nitrogens with one attached hydrogen (secondary N) is 2. The molecule has 10 heteroatoms. The summed E-state index contributed by atoms with van der Waals surface area (Å²) in [7, 11) is 4.60. The van der Waals surface area contributed by atoms with Crippen molar-refractivity contribution in [2.75, 3.05) is 37.7 Å². The summed E-state index contributed by atoms with van der Waals surface area (Å²) in [5.41, 5.74) is 8.69. The molecule has 2 aromatic carbocycles. The van der Waals surface area contributed by atoms with Gasteiger partial charge >= 0.3 is 0 Å². The highest BCUT2D eigenvalue weighted by Crippen LogP contribution is 2.40. The van der Waals surface area contributed by atoms with Crippen LogP contribution in [0.1, 0.15) is 11.1 Å². The Morgan fingerprint density at radius 2 is 1.82 bits per heavy atom. The maximum Gasteiger partial charge on any atom is 0.248 e. The second kappa shape index (κ2) is 10.9. The fraction of sp³-hybridized carbons (Fsp3) is 0.125. The first-order chi connectivity index (χ1) is 16.4. The topological polar surface area (TPSA) is 132 Å². The number of rotatable bonds is 8. The molecule has 3 aromatic rings. The number of benzene rings is 2. The van der Waals surface area contributed by atoms with E-state index < -0.39 is 5.91 Å². The number of nitrogens with zero attached hydrogens (tertiary/aromatic N) is 2. The molecule has 0 radical (unpaired) electrons. The minimum absolute atomic E-state index is 0.195. The molecule has 0 atom stereocenters. The molecule has 9 nitrogen and oxygen atoms in total. The monoisotopic (exact) mass is 479 g/mol. The van der Waals surface area contributed by atoms with Gasteiger partial charge in [0.25, 0.3) is 0 Å². The summed E-state index contributed by atoms with van der Waals surface area (Å²) < 4.78 is 16.1. The molecule has 174 valence electrons. The summed E-state index contributed by atoms with van der Waals surface area (Å²) in [5, 5.41) is 15.1. The summed E-state index contributed by atoms with van der Waals surface area (Å²) in [6, 6.07) is 10.1. The molecule has 1 aromatic heterocycles. The van der Waals surface area contributed by atoms with Crippen LogP contribution in [0.25, 0.3) is 6.08 Å². The maximum absolute atomic E-state index is 12.5. The molecule has 0 spiro atoms. The van der Waals surface area contributed by atoms with Crippen LogP contribution in [0.3, 0.4) is 0 Å². The quantitative estimate of drug-likeness (QED) is 0.315. The molecule has 34 heavy (non-hydrogen) atoms. The van der Waals surface area contributed by atoms with E-state index in [1.807, 2.05) is 6.07 Å². The standard InChI is InChI=1S/C24H22ClN5O4/c1-32-21-9-16(10-22(33-2)24(21)34-3)29-19-6-7-28-13-14(19)4-5-23(31)30-20-11-17(25)15(12-26)8-18(20)27/h4-11,13H,27H2,1-3H3,(H,28,29)(H,30,31)/b5-4+. The zero-order valence-corrected chi connectivity index (χ0v) is 19.4. The first kappa shape index (κ1) is 24.2. The molecule has 0 aliphatic heterocycles. The SMILES string of the molecule is COc1cc(Nc2ccncc2/C=C/C(=O)Nc2cc(Cl)c(C#N)cc2N)cc(OC)c1OC. The lowest BCUT2D eigenvalue weighted by Gasteiger charge is -2.16. The summed E-state index contributed by atoms with van der Waals surface area (Å²) in [6.45, 7) is 0. The molecule has 4 N–H and O–H groups in total. The average Bonchev–Trinajstić information content (AvgIpc) is 2.84. The Bertz CT molecular complexity index is 1260. The highest BCUT2D eigenvalue weighted by atomic mass is 35.5. The molecule has 0 aliphatic rings. The molecule has 1 heterocycles. The van der Waals surface area contributed by atoms with Crippen LogP contribution in [0, 0.1) is 11.3 Å². The Hall–Kier alpha value is -4.42. The lowest BCUT2D eigenvalue weighted by molar-refractivity contribution is -0.111. The fourth-order valence-electron chi connectivity index (χ4n) is 3.09. The van der Waals surface area contributed by atoms with Gasteiger partial charge in [-0.25, -0.2) is 0 Å². The Balaban J connectivity index is 1.82. The van der Waals surface area contributed by atoms with Gasteiger partial charge in [0.05, 0.1) is 43.3 Å². The Morgan fingerprint density at radius 3 is 2.44 bits per heavy atom. The largest absolute Gasteiger partial charge is 0.493 e. The van der Waals surface area contributed by atoms with Crippen molar-refractivity contribution in [3.63, 3.8) is 0 Å². The van der Waals surface area contributed by atoms with Gasteiger partial charge in [0.15, 0.2) is 11.5 Å². The highest BCUT2D eigenvalue weighted by molar-refractivity contribution is 6.32. The van der Waals surface area contributed by atoms with Crippen LogP contribution < -0.4 is 30.6 Å². The number of methoxy groups -OCH3 is 3. The van der Waals surface area contributed by atoms with Crippen LogP contribution in [-0.4, -0.2) is 32.2 Å². The summed E-state index contributed by atoms with van der Waals surface area (Å²) >= 11 is 6.03. The van der Waals surface area contributed by atoms with Crippen molar-refractivity contribution < 1.29 is 19.0 Å².